The van der Waals surface area contributed by atoms with Crippen LogP contribution < -0.4 is 0 Å². The third kappa shape index (κ3) is 4.37. The summed E-state index contributed by atoms with van der Waals surface area (Å²) in [6.07, 6.45) is 3.32. The molecule has 108 valence electrons. The number of carboxylic acids is 1. The second kappa shape index (κ2) is 7.08. The van der Waals surface area contributed by atoms with Crippen LogP contribution >= 0.6 is 0 Å². The number of amides is 1. The van der Waals surface area contributed by atoms with E-state index < -0.39 is 5.97 Å². The zero-order valence-corrected chi connectivity index (χ0v) is 11.6. The van der Waals surface area contributed by atoms with Crippen LogP contribution in [0.5, 0.6) is 0 Å². The number of rotatable bonds is 5. The summed E-state index contributed by atoms with van der Waals surface area (Å²) in [5.41, 5.74) is 1.03. The first-order chi connectivity index (χ1) is 9.65. The third-order valence-corrected chi connectivity index (χ3v) is 3.84. The summed E-state index contributed by atoms with van der Waals surface area (Å²) >= 11 is 0. The minimum atomic E-state index is -0.752. The van der Waals surface area contributed by atoms with Gasteiger partial charge in [-0.25, -0.2) is 0 Å². The Morgan fingerprint density at radius 2 is 2.00 bits per heavy atom. The lowest BCUT2D eigenvalue weighted by molar-refractivity contribution is -0.137. The summed E-state index contributed by atoms with van der Waals surface area (Å²) in [5, 5.41) is 8.73. The van der Waals surface area contributed by atoms with Gasteiger partial charge in [0.05, 0.1) is 6.42 Å². The van der Waals surface area contributed by atoms with Crippen molar-refractivity contribution < 1.29 is 14.7 Å². The quantitative estimate of drug-likeness (QED) is 0.897. The molecule has 0 saturated carbocycles. The molecule has 1 amide bonds. The van der Waals surface area contributed by atoms with Crippen molar-refractivity contribution in [3.63, 3.8) is 0 Å². The summed E-state index contributed by atoms with van der Waals surface area (Å²) in [7, 11) is 0. The predicted molar refractivity (Wildman–Crippen MR) is 76.3 cm³/mol. The van der Waals surface area contributed by atoms with Crippen LogP contribution in [-0.2, 0) is 16.0 Å². The average Bonchev–Trinajstić information content (AvgIpc) is 2.46. The molecule has 1 unspecified atom stereocenters. The molecule has 0 aliphatic carbocycles. The molecule has 4 nitrogen and oxygen atoms in total. The number of nitrogens with zero attached hydrogens (tertiary/aromatic N) is 1. The normalized spacial score (nSPS) is 18.8. The average molecular weight is 275 g/mol. The van der Waals surface area contributed by atoms with E-state index in [0.717, 1.165) is 24.9 Å². The lowest BCUT2D eigenvalue weighted by Gasteiger charge is -2.32. The maximum Gasteiger partial charge on any atom is 0.303 e. The second-order valence-corrected chi connectivity index (χ2v) is 5.44. The summed E-state index contributed by atoms with van der Waals surface area (Å²) in [6, 6.07) is 9.74. The Balaban J connectivity index is 1.85. The summed E-state index contributed by atoms with van der Waals surface area (Å²) in [4.78, 5) is 24.8. The second-order valence-electron chi connectivity index (χ2n) is 5.44. The number of likely N-dealkylation sites (tertiary alicyclic amines) is 1. The molecule has 1 fully saturated rings. The molecule has 1 aliphatic rings. The molecule has 1 atom stereocenters. The summed E-state index contributed by atoms with van der Waals surface area (Å²) in [5.74, 6) is -0.270. The highest BCUT2D eigenvalue weighted by Crippen LogP contribution is 2.21. The van der Waals surface area contributed by atoms with Gasteiger partial charge in [0.25, 0.3) is 0 Å². The monoisotopic (exact) mass is 275 g/mol. The lowest BCUT2D eigenvalue weighted by atomic mass is 9.93. The first-order valence-corrected chi connectivity index (χ1v) is 7.18. The molecule has 4 heteroatoms. The lowest BCUT2D eigenvalue weighted by Crippen LogP contribution is -2.40. The van der Waals surface area contributed by atoms with Crippen molar-refractivity contribution in [2.75, 3.05) is 13.1 Å². The van der Waals surface area contributed by atoms with Gasteiger partial charge in [-0.1, -0.05) is 30.3 Å². The number of hydrogen-bond donors (Lipinski definition) is 1. The smallest absolute Gasteiger partial charge is 0.303 e. The molecule has 1 aromatic rings. The van der Waals surface area contributed by atoms with E-state index in [1.165, 1.54) is 0 Å². The van der Waals surface area contributed by atoms with Gasteiger partial charge < -0.3 is 10.0 Å². The molecule has 0 aromatic heterocycles. The molecule has 1 saturated heterocycles. The van der Waals surface area contributed by atoms with E-state index in [1.807, 2.05) is 35.2 Å². The topological polar surface area (TPSA) is 57.6 Å². The minimum Gasteiger partial charge on any atom is -0.481 e. The highest BCUT2D eigenvalue weighted by atomic mass is 16.4. The Morgan fingerprint density at radius 3 is 2.70 bits per heavy atom. The Hall–Kier alpha value is -1.84. The van der Waals surface area contributed by atoms with Gasteiger partial charge in [-0.15, -0.1) is 0 Å². The molecular formula is C16H21NO3. The van der Waals surface area contributed by atoms with Crippen molar-refractivity contribution in [3.8, 4) is 0 Å². The molecule has 1 aromatic carbocycles. The van der Waals surface area contributed by atoms with Gasteiger partial charge in [0.15, 0.2) is 0 Å². The SMILES string of the molecule is O=C(O)CCC1CCCN(C(=O)Cc2ccccc2)C1. The standard InChI is InChI=1S/C16H21NO3/c18-15(11-13-5-2-1-3-6-13)17-10-4-7-14(12-17)8-9-16(19)20/h1-3,5-6,14H,4,7-12H2,(H,19,20). The highest BCUT2D eigenvalue weighted by Gasteiger charge is 2.23. The molecule has 0 bridgehead atoms. The number of aliphatic carboxylic acids is 1. The number of carboxylic acid groups (broad SMARTS) is 1. The van der Waals surface area contributed by atoms with E-state index in [2.05, 4.69) is 0 Å². The molecule has 1 aliphatic heterocycles. The Kier molecular flexibility index (Phi) is 5.16. The molecule has 0 spiro atoms. The van der Waals surface area contributed by atoms with E-state index in [1.54, 1.807) is 0 Å². The van der Waals surface area contributed by atoms with Crippen molar-refractivity contribution in [1.29, 1.82) is 0 Å². The van der Waals surface area contributed by atoms with Gasteiger partial charge in [0.1, 0.15) is 0 Å². The van der Waals surface area contributed by atoms with Crippen molar-refractivity contribution in [2.24, 2.45) is 5.92 Å². The van der Waals surface area contributed by atoms with Gasteiger partial charge in [-0.2, -0.15) is 0 Å². The summed E-state index contributed by atoms with van der Waals surface area (Å²) in [6.45, 7) is 1.51. The first kappa shape index (κ1) is 14.6. The first-order valence-electron chi connectivity index (χ1n) is 7.18. The molecule has 20 heavy (non-hydrogen) atoms. The van der Waals surface area contributed by atoms with Crippen LogP contribution in [0.25, 0.3) is 0 Å². The fraction of sp³-hybridized carbons (Fsp3) is 0.500. The largest absolute Gasteiger partial charge is 0.481 e. The zero-order valence-electron chi connectivity index (χ0n) is 11.6. The van der Waals surface area contributed by atoms with Crippen molar-refractivity contribution in [2.45, 2.75) is 32.1 Å². The van der Waals surface area contributed by atoms with Crippen molar-refractivity contribution in [1.82, 2.24) is 4.90 Å². The van der Waals surface area contributed by atoms with Crippen molar-refractivity contribution in [3.05, 3.63) is 35.9 Å². The Morgan fingerprint density at radius 1 is 1.25 bits per heavy atom. The van der Waals surface area contributed by atoms with Gasteiger partial charge in [-0.3, -0.25) is 9.59 Å². The van der Waals surface area contributed by atoms with Crippen LogP contribution in [0.4, 0.5) is 0 Å². The molecule has 1 N–H and O–H groups in total. The molecule has 1 heterocycles. The third-order valence-electron chi connectivity index (χ3n) is 3.84. The minimum absolute atomic E-state index is 0.149. The van der Waals surface area contributed by atoms with E-state index in [0.29, 0.717) is 25.3 Å². The molecular weight excluding hydrogens is 254 g/mol. The number of benzene rings is 1. The van der Waals surface area contributed by atoms with E-state index in [4.69, 9.17) is 5.11 Å². The number of hydrogen-bond acceptors (Lipinski definition) is 2. The number of carbonyl (C=O) groups excluding carboxylic acids is 1. The molecule has 0 radical (unpaired) electrons. The zero-order chi connectivity index (χ0) is 14.4. The number of piperidine rings is 1. The van der Waals surface area contributed by atoms with Crippen LogP contribution in [0.3, 0.4) is 0 Å². The van der Waals surface area contributed by atoms with Crippen LogP contribution in [0.1, 0.15) is 31.2 Å². The van der Waals surface area contributed by atoms with Crippen LogP contribution in [0.2, 0.25) is 0 Å². The maximum absolute atomic E-state index is 12.3. The van der Waals surface area contributed by atoms with E-state index in [9.17, 15) is 9.59 Å². The number of carbonyl (C=O) groups is 2. The van der Waals surface area contributed by atoms with Gasteiger partial charge in [-0.05, 0) is 30.7 Å². The van der Waals surface area contributed by atoms with Crippen LogP contribution in [0, 0.1) is 5.92 Å². The summed E-state index contributed by atoms with van der Waals surface area (Å²) < 4.78 is 0. The predicted octanol–water partition coefficient (Wildman–Crippen LogP) is 2.33. The van der Waals surface area contributed by atoms with Crippen molar-refractivity contribution >= 4 is 11.9 Å². The Labute approximate surface area is 119 Å². The van der Waals surface area contributed by atoms with E-state index >= 15 is 0 Å². The molecule has 2 rings (SSSR count). The van der Waals surface area contributed by atoms with Gasteiger partial charge in [0.2, 0.25) is 5.91 Å². The van der Waals surface area contributed by atoms with Crippen LogP contribution in [0.15, 0.2) is 30.3 Å². The van der Waals surface area contributed by atoms with Gasteiger partial charge in [0, 0.05) is 19.5 Å². The maximum atomic E-state index is 12.3. The fourth-order valence-corrected chi connectivity index (χ4v) is 2.74. The van der Waals surface area contributed by atoms with Crippen LogP contribution in [-0.4, -0.2) is 35.0 Å². The fourth-order valence-electron chi connectivity index (χ4n) is 2.74. The van der Waals surface area contributed by atoms with Gasteiger partial charge >= 0.3 is 5.97 Å². The Bertz CT molecular complexity index is 458. The highest BCUT2D eigenvalue weighted by molar-refractivity contribution is 5.78. The van der Waals surface area contributed by atoms with E-state index in [-0.39, 0.29) is 12.3 Å².